The number of benzene rings is 1. The molecule has 0 saturated carbocycles. The van der Waals surface area contributed by atoms with Gasteiger partial charge in [-0.1, -0.05) is 0 Å². The maximum atomic E-state index is 11.9. The van der Waals surface area contributed by atoms with Gasteiger partial charge in [0.05, 0.1) is 18.1 Å². The summed E-state index contributed by atoms with van der Waals surface area (Å²) >= 11 is 0. The van der Waals surface area contributed by atoms with E-state index < -0.39 is 5.60 Å². The molecule has 2 rings (SSSR count). The second-order valence-electron chi connectivity index (χ2n) is 5.78. The van der Waals surface area contributed by atoms with Crippen molar-refractivity contribution in [2.45, 2.75) is 38.7 Å². The number of carbonyl (C=O) groups excluding carboxylic acids is 1. The summed E-state index contributed by atoms with van der Waals surface area (Å²) in [6, 6.07) is 7.65. The monoisotopic (exact) mass is 258 g/mol. The van der Waals surface area contributed by atoms with Crippen molar-refractivity contribution >= 4 is 11.7 Å². The molecule has 1 aliphatic rings. The van der Waals surface area contributed by atoms with Crippen LogP contribution in [0.2, 0.25) is 0 Å². The van der Waals surface area contributed by atoms with Gasteiger partial charge in [-0.15, -0.1) is 0 Å². The van der Waals surface area contributed by atoms with E-state index in [1.54, 1.807) is 6.07 Å². The van der Waals surface area contributed by atoms with Crippen molar-refractivity contribution in [3.05, 3.63) is 29.3 Å². The third-order valence-corrected chi connectivity index (χ3v) is 2.99. The quantitative estimate of drug-likeness (QED) is 0.828. The fourth-order valence-electron chi connectivity index (χ4n) is 2.24. The van der Waals surface area contributed by atoms with E-state index in [0.29, 0.717) is 18.5 Å². The van der Waals surface area contributed by atoms with Crippen molar-refractivity contribution in [3.8, 4) is 6.07 Å². The lowest BCUT2D eigenvalue weighted by atomic mass is 9.96. The topological polar surface area (TPSA) is 62.1 Å². The van der Waals surface area contributed by atoms with Crippen LogP contribution in [-0.4, -0.2) is 18.1 Å². The van der Waals surface area contributed by atoms with E-state index in [4.69, 9.17) is 10.00 Å². The summed E-state index contributed by atoms with van der Waals surface area (Å²) in [6.45, 7) is 6.29. The lowest BCUT2D eigenvalue weighted by molar-refractivity contribution is -0.155. The summed E-state index contributed by atoms with van der Waals surface area (Å²) < 4.78 is 5.34. The molecule has 1 N–H and O–H groups in total. The second kappa shape index (κ2) is 4.93. The summed E-state index contributed by atoms with van der Waals surface area (Å²) in [5.74, 6) is -0.118. The van der Waals surface area contributed by atoms with Gasteiger partial charge in [-0.2, -0.15) is 5.26 Å². The Morgan fingerprint density at radius 3 is 2.89 bits per heavy atom. The maximum absolute atomic E-state index is 11.9. The third kappa shape index (κ3) is 3.25. The minimum Gasteiger partial charge on any atom is -0.460 e. The Morgan fingerprint density at radius 2 is 2.26 bits per heavy atom. The van der Waals surface area contributed by atoms with Crippen LogP contribution in [-0.2, 0) is 9.53 Å². The first kappa shape index (κ1) is 13.4. The van der Waals surface area contributed by atoms with Crippen LogP contribution >= 0.6 is 0 Å². The van der Waals surface area contributed by atoms with E-state index in [1.165, 1.54) is 0 Å². The lowest BCUT2D eigenvalue weighted by Crippen LogP contribution is -2.25. The standard InChI is InChI=1S/C15H18N2O2/c1-15(2,3)19-14(18)7-11-9-17-13-5-4-10(8-16)6-12(11)13/h4-6,11,17H,7,9H2,1-3H3. The number of hydrogen-bond donors (Lipinski definition) is 1. The maximum Gasteiger partial charge on any atom is 0.306 e. The first-order chi connectivity index (χ1) is 8.89. The van der Waals surface area contributed by atoms with E-state index in [1.807, 2.05) is 32.9 Å². The van der Waals surface area contributed by atoms with Crippen molar-refractivity contribution < 1.29 is 9.53 Å². The number of hydrogen-bond acceptors (Lipinski definition) is 4. The molecule has 1 atom stereocenters. The van der Waals surface area contributed by atoms with Crippen LogP contribution < -0.4 is 5.32 Å². The van der Waals surface area contributed by atoms with Gasteiger partial charge in [0.15, 0.2) is 0 Å². The Labute approximate surface area is 113 Å². The number of carbonyl (C=O) groups is 1. The highest BCUT2D eigenvalue weighted by Gasteiger charge is 2.27. The number of ether oxygens (including phenoxy) is 1. The Bertz CT molecular complexity index is 538. The van der Waals surface area contributed by atoms with Crippen LogP contribution in [0, 0.1) is 11.3 Å². The van der Waals surface area contributed by atoms with E-state index in [2.05, 4.69) is 11.4 Å². The van der Waals surface area contributed by atoms with Crippen molar-refractivity contribution in [2.24, 2.45) is 0 Å². The first-order valence-electron chi connectivity index (χ1n) is 6.39. The van der Waals surface area contributed by atoms with Gasteiger partial charge in [-0.05, 0) is 44.5 Å². The molecule has 0 radical (unpaired) electrons. The summed E-state index contributed by atoms with van der Waals surface area (Å²) in [5, 5.41) is 12.2. The van der Waals surface area contributed by atoms with Gasteiger partial charge >= 0.3 is 5.97 Å². The molecule has 0 aromatic heterocycles. The third-order valence-electron chi connectivity index (χ3n) is 2.99. The molecule has 1 heterocycles. The summed E-state index contributed by atoms with van der Waals surface area (Å²) in [4.78, 5) is 11.9. The molecule has 1 aromatic carbocycles. The average molecular weight is 258 g/mol. The molecule has 0 saturated heterocycles. The van der Waals surface area contributed by atoms with Crippen LogP contribution in [0.4, 0.5) is 5.69 Å². The molecule has 1 unspecified atom stereocenters. The Morgan fingerprint density at radius 1 is 1.53 bits per heavy atom. The smallest absolute Gasteiger partial charge is 0.306 e. The number of nitriles is 1. The summed E-state index contributed by atoms with van der Waals surface area (Å²) in [6.07, 6.45) is 0.339. The van der Waals surface area contributed by atoms with Gasteiger partial charge in [0.1, 0.15) is 5.60 Å². The van der Waals surface area contributed by atoms with Gasteiger partial charge in [-0.3, -0.25) is 4.79 Å². The van der Waals surface area contributed by atoms with Gasteiger partial charge < -0.3 is 10.1 Å². The highest BCUT2D eigenvalue weighted by Crippen LogP contribution is 2.34. The number of esters is 1. The van der Waals surface area contributed by atoms with Gasteiger partial charge in [0.2, 0.25) is 0 Å². The molecule has 4 nitrogen and oxygen atoms in total. The predicted octanol–water partition coefficient (Wildman–Crippen LogP) is 2.80. The van der Waals surface area contributed by atoms with E-state index in [9.17, 15) is 4.79 Å². The van der Waals surface area contributed by atoms with Crippen LogP contribution in [0.5, 0.6) is 0 Å². The zero-order chi connectivity index (χ0) is 14.0. The van der Waals surface area contributed by atoms with E-state index in [-0.39, 0.29) is 11.9 Å². The lowest BCUT2D eigenvalue weighted by Gasteiger charge is -2.20. The van der Waals surface area contributed by atoms with Crippen LogP contribution in [0.1, 0.15) is 44.2 Å². The van der Waals surface area contributed by atoms with Crippen LogP contribution in [0.3, 0.4) is 0 Å². The minimum atomic E-state index is -0.458. The minimum absolute atomic E-state index is 0.0816. The molecule has 0 aliphatic carbocycles. The van der Waals surface area contributed by atoms with Gasteiger partial charge in [-0.25, -0.2) is 0 Å². The molecule has 0 fully saturated rings. The number of rotatable bonds is 2. The van der Waals surface area contributed by atoms with Gasteiger partial charge in [0, 0.05) is 18.2 Å². The fraction of sp³-hybridized carbons (Fsp3) is 0.467. The molecule has 100 valence electrons. The van der Waals surface area contributed by atoms with Crippen molar-refractivity contribution in [3.63, 3.8) is 0 Å². The first-order valence-corrected chi connectivity index (χ1v) is 6.39. The molecule has 1 aliphatic heterocycles. The van der Waals surface area contributed by atoms with Crippen molar-refractivity contribution in [2.75, 3.05) is 11.9 Å². The zero-order valence-electron chi connectivity index (χ0n) is 11.5. The van der Waals surface area contributed by atoms with Crippen LogP contribution in [0.25, 0.3) is 0 Å². The highest BCUT2D eigenvalue weighted by molar-refractivity contribution is 5.73. The second-order valence-corrected chi connectivity index (χ2v) is 5.78. The Hall–Kier alpha value is -2.02. The molecule has 0 amide bonds. The fourth-order valence-corrected chi connectivity index (χ4v) is 2.24. The predicted molar refractivity (Wildman–Crippen MR) is 72.8 cm³/mol. The SMILES string of the molecule is CC(C)(C)OC(=O)CC1CNc2ccc(C#N)cc21. The van der Waals surface area contributed by atoms with E-state index >= 15 is 0 Å². The van der Waals surface area contributed by atoms with Crippen molar-refractivity contribution in [1.82, 2.24) is 0 Å². The normalized spacial score (nSPS) is 17.3. The number of nitrogens with one attached hydrogen (secondary N) is 1. The Balaban J connectivity index is 2.10. The molecule has 0 bridgehead atoms. The molecular formula is C15H18N2O2. The van der Waals surface area contributed by atoms with E-state index in [0.717, 1.165) is 11.3 Å². The summed E-state index contributed by atoms with van der Waals surface area (Å²) in [5.41, 5.74) is 2.20. The number of fused-ring (bicyclic) bond motifs is 1. The molecule has 1 aromatic rings. The largest absolute Gasteiger partial charge is 0.460 e. The Kier molecular flexibility index (Phi) is 3.48. The average Bonchev–Trinajstić information content (AvgIpc) is 2.69. The number of anilines is 1. The molecular weight excluding hydrogens is 240 g/mol. The summed E-state index contributed by atoms with van der Waals surface area (Å²) in [7, 11) is 0. The van der Waals surface area contributed by atoms with Crippen LogP contribution in [0.15, 0.2) is 18.2 Å². The molecule has 0 spiro atoms. The number of nitrogens with zero attached hydrogens (tertiary/aromatic N) is 1. The highest BCUT2D eigenvalue weighted by atomic mass is 16.6. The van der Waals surface area contributed by atoms with Gasteiger partial charge in [0.25, 0.3) is 0 Å². The molecule has 19 heavy (non-hydrogen) atoms. The molecule has 4 heteroatoms. The zero-order valence-corrected chi connectivity index (χ0v) is 11.5. The van der Waals surface area contributed by atoms with Crippen molar-refractivity contribution in [1.29, 1.82) is 5.26 Å².